The first kappa shape index (κ1) is 14.1. The van der Waals surface area contributed by atoms with Crippen LogP contribution in [0, 0.1) is 5.92 Å². The van der Waals surface area contributed by atoms with Crippen LogP contribution >= 0.6 is 0 Å². The second-order valence-corrected chi connectivity index (χ2v) is 4.63. The summed E-state index contributed by atoms with van der Waals surface area (Å²) in [6, 6.07) is 9.28. The third-order valence-corrected chi connectivity index (χ3v) is 3.20. The molecule has 1 amide bonds. The summed E-state index contributed by atoms with van der Waals surface area (Å²) in [6.45, 7) is 0.418. The number of hydrogen-bond donors (Lipinski definition) is 0. The number of halogens is 1. The van der Waals surface area contributed by atoms with Crippen LogP contribution in [0.15, 0.2) is 35.4 Å². The van der Waals surface area contributed by atoms with E-state index in [2.05, 4.69) is 10.0 Å². The third-order valence-electron chi connectivity index (χ3n) is 3.20. The summed E-state index contributed by atoms with van der Waals surface area (Å²) in [5.74, 6) is -0.449. The average molecular weight is 278 g/mol. The van der Waals surface area contributed by atoms with Crippen molar-refractivity contribution in [1.82, 2.24) is 4.90 Å². The van der Waals surface area contributed by atoms with Crippen molar-refractivity contribution < 1.29 is 13.9 Å². The van der Waals surface area contributed by atoms with Crippen molar-refractivity contribution in [3.63, 3.8) is 0 Å². The van der Waals surface area contributed by atoms with E-state index >= 15 is 0 Å². The van der Waals surface area contributed by atoms with Gasteiger partial charge in [0.1, 0.15) is 12.8 Å². The Morgan fingerprint density at radius 1 is 1.45 bits per heavy atom. The Morgan fingerprint density at radius 3 is 2.90 bits per heavy atom. The number of carbonyl (C=O) groups excluding carboxylic acids is 1. The molecule has 0 spiro atoms. The number of nitrogens with zero attached hydrogens (tertiary/aromatic N) is 4. The average Bonchev–Trinajstić information content (AvgIpc) is 2.85. The molecule has 1 aliphatic heterocycles. The molecule has 0 bridgehead atoms. The van der Waals surface area contributed by atoms with Gasteiger partial charge >= 0.3 is 6.09 Å². The molecule has 7 heteroatoms. The standard InChI is InChI=1S/C13H15FN4O2/c14-12-8-18(7-11(12)6-16-17-15)13(19)20-9-10-4-2-1-3-5-10/h1-5,11-12H,6-9H2. The molecule has 0 saturated carbocycles. The number of ether oxygens (including phenoxy) is 1. The fraction of sp³-hybridized carbons (Fsp3) is 0.462. The van der Waals surface area contributed by atoms with E-state index in [1.807, 2.05) is 30.3 Å². The highest BCUT2D eigenvalue weighted by atomic mass is 19.1. The molecule has 2 unspecified atom stereocenters. The van der Waals surface area contributed by atoms with Gasteiger partial charge in [-0.2, -0.15) is 0 Å². The van der Waals surface area contributed by atoms with Crippen molar-refractivity contribution in [2.45, 2.75) is 12.8 Å². The van der Waals surface area contributed by atoms with Crippen LogP contribution in [0.5, 0.6) is 0 Å². The second kappa shape index (κ2) is 6.77. The molecular formula is C13H15FN4O2. The van der Waals surface area contributed by atoms with E-state index in [-0.39, 0.29) is 26.2 Å². The molecule has 0 radical (unpaired) electrons. The number of rotatable bonds is 4. The van der Waals surface area contributed by atoms with Crippen LogP contribution < -0.4 is 0 Å². The van der Waals surface area contributed by atoms with Crippen LogP contribution in [0.1, 0.15) is 5.56 Å². The summed E-state index contributed by atoms with van der Waals surface area (Å²) >= 11 is 0. The van der Waals surface area contributed by atoms with Gasteiger partial charge in [-0.1, -0.05) is 35.4 Å². The molecular weight excluding hydrogens is 263 g/mol. The smallest absolute Gasteiger partial charge is 0.410 e. The fourth-order valence-electron chi connectivity index (χ4n) is 2.10. The number of alkyl halides is 1. The van der Waals surface area contributed by atoms with Gasteiger partial charge in [0.15, 0.2) is 0 Å². The summed E-state index contributed by atoms with van der Waals surface area (Å²) in [6.07, 6.45) is -1.72. The maximum absolute atomic E-state index is 13.7. The van der Waals surface area contributed by atoms with Gasteiger partial charge in [0.25, 0.3) is 0 Å². The Labute approximate surface area is 115 Å². The van der Waals surface area contributed by atoms with Crippen molar-refractivity contribution in [3.8, 4) is 0 Å². The quantitative estimate of drug-likeness (QED) is 0.482. The number of carbonyl (C=O) groups is 1. The van der Waals surface area contributed by atoms with Crippen LogP contribution in [0.2, 0.25) is 0 Å². The predicted molar refractivity (Wildman–Crippen MR) is 70.6 cm³/mol. The number of benzene rings is 1. The Hall–Kier alpha value is -2.27. The first-order chi connectivity index (χ1) is 9.70. The first-order valence-electron chi connectivity index (χ1n) is 6.31. The summed E-state index contributed by atoms with van der Waals surface area (Å²) in [5, 5.41) is 3.35. The van der Waals surface area contributed by atoms with E-state index in [1.54, 1.807) is 0 Å². The van der Waals surface area contributed by atoms with Crippen molar-refractivity contribution in [1.29, 1.82) is 0 Å². The summed E-state index contributed by atoms with van der Waals surface area (Å²) in [4.78, 5) is 15.7. The molecule has 0 aromatic heterocycles. The highest BCUT2D eigenvalue weighted by molar-refractivity contribution is 5.68. The van der Waals surface area contributed by atoms with E-state index in [4.69, 9.17) is 10.3 Å². The molecule has 0 aliphatic carbocycles. The van der Waals surface area contributed by atoms with Crippen molar-refractivity contribution in [2.24, 2.45) is 11.0 Å². The first-order valence-corrected chi connectivity index (χ1v) is 6.31. The van der Waals surface area contributed by atoms with Crippen LogP contribution in [-0.2, 0) is 11.3 Å². The molecule has 0 N–H and O–H groups in total. The lowest BCUT2D eigenvalue weighted by Gasteiger charge is -2.15. The lowest BCUT2D eigenvalue weighted by atomic mass is 10.1. The number of amides is 1. The SMILES string of the molecule is [N-]=[N+]=NCC1CN(C(=O)OCc2ccccc2)CC1F. The minimum atomic E-state index is -1.18. The summed E-state index contributed by atoms with van der Waals surface area (Å²) in [5.41, 5.74) is 9.11. The maximum Gasteiger partial charge on any atom is 0.410 e. The Bertz CT molecular complexity index is 504. The van der Waals surface area contributed by atoms with E-state index < -0.39 is 18.2 Å². The zero-order valence-electron chi connectivity index (χ0n) is 10.9. The zero-order chi connectivity index (χ0) is 14.4. The maximum atomic E-state index is 13.7. The molecule has 20 heavy (non-hydrogen) atoms. The predicted octanol–water partition coefficient (Wildman–Crippen LogP) is 2.90. The van der Waals surface area contributed by atoms with Gasteiger partial charge in [0, 0.05) is 23.9 Å². The normalized spacial score (nSPS) is 21.4. The Morgan fingerprint density at radius 2 is 2.20 bits per heavy atom. The number of azide groups is 1. The van der Waals surface area contributed by atoms with E-state index in [1.165, 1.54) is 4.90 Å². The largest absolute Gasteiger partial charge is 0.445 e. The zero-order valence-corrected chi connectivity index (χ0v) is 10.9. The van der Waals surface area contributed by atoms with Gasteiger partial charge in [0.05, 0.1) is 6.54 Å². The second-order valence-electron chi connectivity index (χ2n) is 4.63. The molecule has 2 rings (SSSR count). The van der Waals surface area contributed by atoms with Crippen LogP contribution in [0.3, 0.4) is 0 Å². The molecule has 1 fully saturated rings. The van der Waals surface area contributed by atoms with Gasteiger partial charge in [-0.15, -0.1) is 0 Å². The molecule has 106 valence electrons. The lowest BCUT2D eigenvalue weighted by Crippen LogP contribution is -2.29. The fourth-order valence-corrected chi connectivity index (χ4v) is 2.10. The van der Waals surface area contributed by atoms with E-state index in [9.17, 15) is 9.18 Å². The van der Waals surface area contributed by atoms with Crippen LogP contribution in [0.4, 0.5) is 9.18 Å². The summed E-state index contributed by atoms with van der Waals surface area (Å²) in [7, 11) is 0. The molecule has 1 aliphatic rings. The van der Waals surface area contributed by atoms with Crippen molar-refractivity contribution in [3.05, 3.63) is 46.3 Å². The minimum Gasteiger partial charge on any atom is -0.445 e. The van der Waals surface area contributed by atoms with Gasteiger partial charge < -0.3 is 9.64 Å². The molecule has 1 aromatic rings. The van der Waals surface area contributed by atoms with Crippen LogP contribution in [-0.4, -0.2) is 36.8 Å². The number of likely N-dealkylation sites (tertiary alicyclic amines) is 1. The van der Waals surface area contributed by atoms with Gasteiger partial charge in [-0.3, -0.25) is 0 Å². The van der Waals surface area contributed by atoms with Crippen LogP contribution in [0.25, 0.3) is 10.4 Å². The topological polar surface area (TPSA) is 78.3 Å². The van der Waals surface area contributed by atoms with Gasteiger partial charge in [-0.05, 0) is 11.1 Å². The minimum absolute atomic E-state index is 0.0146. The lowest BCUT2D eigenvalue weighted by molar-refractivity contribution is 0.102. The Balaban J connectivity index is 1.83. The van der Waals surface area contributed by atoms with E-state index in [0.29, 0.717) is 0 Å². The van der Waals surface area contributed by atoms with Crippen molar-refractivity contribution >= 4 is 6.09 Å². The van der Waals surface area contributed by atoms with Gasteiger partial charge in [0.2, 0.25) is 0 Å². The molecule has 1 aromatic carbocycles. The van der Waals surface area contributed by atoms with Gasteiger partial charge in [-0.25, -0.2) is 9.18 Å². The highest BCUT2D eigenvalue weighted by Gasteiger charge is 2.35. The third kappa shape index (κ3) is 3.61. The summed E-state index contributed by atoms with van der Waals surface area (Å²) < 4.78 is 18.8. The Kier molecular flexibility index (Phi) is 4.79. The molecule has 2 atom stereocenters. The number of hydrogen-bond acceptors (Lipinski definition) is 3. The monoisotopic (exact) mass is 278 g/mol. The molecule has 6 nitrogen and oxygen atoms in total. The molecule has 1 heterocycles. The van der Waals surface area contributed by atoms with Crippen molar-refractivity contribution in [2.75, 3.05) is 19.6 Å². The molecule has 1 saturated heterocycles. The van der Waals surface area contributed by atoms with E-state index in [0.717, 1.165) is 5.56 Å². The highest BCUT2D eigenvalue weighted by Crippen LogP contribution is 2.21.